The number of ether oxygens (including phenoxy) is 2. The third kappa shape index (κ3) is 2.37. The first-order valence-corrected chi connectivity index (χ1v) is 6.01. The van der Waals surface area contributed by atoms with Gasteiger partial charge in [0, 0.05) is 23.5 Å². The number of aryl methyl sites for hydroxylation is 1. The van der Waals surface area contributed by atoms with Crippen LogP contribution in [0.3, 0.4) is 0 Å². The Morgan fingerprint density at radius 1 is 1.32 bits per heavy atom. The molecular formula is C13H13N3O3. The number of nitrogens with one attached hydrogen (secondary N) is 2. The molecular weight excluding hydrogens is 246 g/mol. The molecule has 1 aromatic carbocycles. The number of hydrogen-bond donors (Lipinski definition) is 2. The van der Waals surface area contributed by atoms with Crippen molar-refractivity contribution in [1.29, 1.82) is 0 Å². The Labute approximate surface area is 109 Å². The van der Waals surface area contributed by atoms with Crippen molar-refractivity contribution in [2.45, 2.75) is 13.3 Å². The Kier molecular flexibility index (Phi) is 2.83. The number of H-pyrrole nitrogens is 1. The molecule has 0 aliphatic carbocycles. The monoisotopic (exact) mass is 259 g/mol. The van der Waals surface area contributed by atoms with E-state index in [0.717, 1.165) is 11.4 Å². The number of rotatable bonds is 3. The summed E-state index contributed by atoms with van der Waals surface area (Å²) in [6.07, 6.45) is 0.708. The van der Waals surface area contributed by atoms with Crippen LogP contribution < -0.4 is 20.3 Å². The zero-order chi connectivity index (χ0) is 13.2. The number of nitrogens with zero attached hydrogens (tertiary/aromatic N) is 1. The van der Waals surface area contributed by atoms with E-state index < -0.39 is 0 Å². The molecule has 0 saturated heterocycles. The molecule has 2 N–H and O–H groups in total. The molecule has 0 spiro atoms. The van der Waals surface area contributed by atoms with Crippen molar-refractivity contribution in [2.24, 2.45) is 0 Å². The Balaban J connectivity index is 1.89. The van der Waals surface area contributed by atoms with E-state index in [1.807, 2.05) is 19.1 Å². The summed E-state index contributed by atoms with van der Waals surface area (Å²) in [4.78, 5) is 18.4. The molecule has 19 heavy (non-hydrogen) atoms. The maximum Gasteiger partial charge on any atom is 0.252 e. The van der Waals surface area contributed by atoms with Gasteiger partial charge >= 0.3 is 0 Å². The molecule has 0 radical (unpaired) electrons. The molecule has 0 atom stereocenters. The average molecular weight is 259 g/mol. The second kappa shape index (κ2) is 4.64. The van der Waals surface area contributed by atoms with Crippen LogP contribution >= 0.6 is 0 Å². The van der Waals surface area contributed by atoms with Crippen molar-refractivity contribution in [2.75, 3.05) is 12.1 Å². The average Bonchev–Trinajstić information content (AvgIpc) is 2.85. The molecule has 0 amide bonds. The topological polar surface area (TPSA) is 76.2 Å². The lowest BCUT2D eigenvalue weighted by Gasteiger charge is -2.07. The molecule has 1 aliphatic rings. The van der Waals surface area contributed by atoms with Crippen molar-refractivity contribution in [3.8, 4) is 11.5 Å². The van der Waals surface area contributed by atoms with E-state index in [-0.39, 0.29) is 12.4 Å². The quantitative estimate of drug-likeness (QED) is 0.879. The van der Waals surface area contributed by atoms with Gasteiger partial charge in [-0.25, -0.2) is 4.98 Å². The molecule has 2 aromatic rings. The van der Waals surface area contributed by atoms with E-state index in [0.29, 0.717) is 23.9 Å². The molecule has 1 aromatic heterocycles. The highest BCUT2D eigenvalue weighted by molar-refractivity contribution is 5.60. The molecule has 98 valence electrons. The van der Waals surface area contributed by atoms with Crippen LogP contribution in [0.2, 0.25) is 0 Å². The van der Waals surface area contributed by atoms with Crippen molar-refractivity contribution in [3.05, 3.63) is 40.3 Å². The van der Waals surface area contributed by atoms with Gasteiger partial charge in [-0.3, -0.25) is 9.78 Å². The number of aromatic nitrogens is 2. The Hall–Kier alpha value is -2.50. The van der Waals surface area contributed by atoms with Crippen LogP contribution in [-0.4, -0.2) is 16.8 Å². The zero-order valence-electron chi connectivity index (χ0n) is 10.4. The van der Waals surface area contributed by atoms with E-state index in [1.165, 1.54) is 6.07 Å². The molecule has 0 fully saturated rings. The third-order valence-electron chi connectivity index (χ3n) is 2.79. The normalized spacial score (nSPS) is 12.5. The maximum absolute atomic E-state index is 11.5. The van der Waals surface area contributed by atoms with E-state index in [4.69, 9.17) is 9.47 Å². The summed E-state index contributed by atoms with van der Waals surface area (Å²) in [5.74, 6) is 1.82. The molecule has 0 saturated carbocycles. The van der Waals surface area contributed by atoms with Crippen LogP contribution in [0.25, 0.3) is 0 Å². The van der Waals surface area contributed by atoms with E-state index in [2.05, 4.69) is 15.3 Å². The molecule has 1 aliphatic heterocycles. The summed E-state index contributed by atoms with van der Waals surface area (Å²) in [7, 11) is 0. The van der Waals surface area contributed by atoms with Crippen LogP contribution in [0.15, 0.2) is 29.1 Å². The van der Waals surface area contributed by atoms with E-state index >= 15 is 0 Å². The molecule has 3 rings (SSSR count). The van der Waals surface area contributed by atoms with Gasteiger partial charge in [0.2, 0.25) is 12.7 Å². The van der Waals surface area contributed by atoms with Gasteiger partial charge in [-0.15, -0.1) is 0 Å². The molecule has 0 unspecified atom stereocenters. The third-order valence-corrected chi connectivity index (χ3v) is 2.79. The molecule has 6 nitrogen and oxygen atoms in total. The summed E-state index contributed by atoms with van der Waals surface area (Å²) in [5, 5.41) is 3.05. The highest BCUT2D eigenvalue weighted by Crippen LogP contribution is 2.34. The minimum absolute atomic E-state index is 0.171. The van der Waals surface area contributed by atoms with Crippen molar-refractivity contribution >= 4 is 11.6 Å². The summed E-state index contributed by atoms with van der Waals surface area (Å²) in [6.45, 7) is 2.19. The summed E-state index contributed by atoms with van der Waals surface area (Å²) in [6, 6.07) is 6.95. The minimum Gasteiger partial charge on any atom is -0.454 e. The van der Waals surface area contributed by atoms with Crippen LogP contribution in [0, 0.1) is 0 Å². The molecule has 0 bridgehead atoms. The first-order valence-electron chi connectivity index (χ1n) is 6.01. The highest BCUT2D eigenvalue weighted by atomic mass is 16.7. The van der Waals surface area contributed by atoms with Crippen LogP contribution in [0.4, 0.5) is 11.6 Å². The van der Waals surface area contributed by atoms with Gasteiger partial charge in [0.1, 0.15) is 0 Å². The number of hydrogen-bond acceptors (Lipinski definition) is 5. The van der Waals surface area contributed by atoms with Gasteiger partial charge in [0.15, 0.2) is 11.5 Å². The molecule has 2 heterocycles. The standard InChI is InChI=1S/C13H13N3O3/c1-2-8-6-12(17)16-13(14-8)15-9-3-4-10-11(5-9)19-7-18-10/h3-6H,2,7H2,1H3,(H2,14,15,16,17). The molecule has 6 heteroatoms. The van der Waals surface area contributed by atoms with Crippen LogP contribution in [-0.2, 0) is 6.42 Å². The lowest BCUT2D eigenvalue weighted by molar-refractivity contribution is 0.174. The first kappa shape index (κ1) is 11.6. The summed E-state index contributed by atoms with van der Waals surface area (Å²) < 4.78 is 10.5. The van der Waals surface area contributed by atoms with Crippen molar-refractivity contribution in [1.82, 2.24) is 9.97 Å². The zero-order valence-corrected chi connectivity index (χ0v) is 10.4. The lowest BCUT2D eigenvalue weighted by Crippen LogP contribution is -2.11. The summed E-state index contributed by atoms with van der Waals surface area (Å²) in [5.41, 5.74) is 1.35. The number of benzene rings is 1. The number of anilines is 2. The largest absolute Gasteiger partial charge is 0.454 e. The van der Waals surface area contributed by atoms with Gasteiger partial charge in [-0.05, 0) is 18.6 Å². The second-order valence-electron chi connectivity index (χ2n) is 4.13. The number of fused-ring (bicyclic) bond motifs is 1. The fraction of sp³-hybridized carbons (Fsp3) is 0.231. The van der Waals surface area contributed by atoms with Crippen molar-refractivity contribution in [3.63, 3.8) is 0 Å². The fourth-order valence-corrected chi connectivity index (χ4v) is 1.86. The smallest absolute Gasteiger partial charge is 0.252 e. The van der Waals surface area contributed by atoms with Gasteiger partial charge in [-0.1, -0.05) is 6.92 Å². The second-order valence-corrected chi connectivity index (χ2v) is 4.13. The Morgan fingerprint density at radius 2 is 2.16 bits per heavy atom. The predicted molar refractivity (Wildman–Crippen MR) is 70.1 cm³/mol. The minimum atomic E-state index is -0.171. The van der Waals surface area contributed by atoms with Crippen LogP contribution in [0.1, 0.15) is 12.6 Å². The highest BCUT2D eigenvalue weighted by Gasteiger charge is 2.13. The first-order chi connectivity index (χ1) is 9.24. The summed E-state index contributed by atoms with van der Waals surface area (Å²) >= 11 is 0. The van der Waals surface area contributed by atoms with Gasteiger partial charge in [0.25, 0.3) is 5.56 Å². The van der Waals surface area contributed by atoms with Gasteiger partial charge in [0.05, 0.1) is 0 Å². The Morgan fingerprint density at radius 3 is 3.00 bits per heavy atom. The van der Waals surface area contributed by atoms with Gasteiger partial charge in [-0.2, -0.15) is 0 Å². The maximum atomic E-state index is 11.5. The lowest BCUT2D eigenvalue weighted by atomic mass is 10.3. The van der Waals surface area contributed by atoms with E-state index in [1.54, 1.807) is 6.07 Å². The SMILES string of the molecule is CCc1cc(=O)[nH]c(Nc2ccc3c(c2)OCO3)n1. The van der Waals surface area contributed by atoms with E-state index in [9.17, 15) is 4.79 Å². The Bertz CT molecular complexity index is 666. The predicted octanol–water partition coefficient (Wildman–Crippen LogP) is 1.80. The van der Waals surface area contributed by atoms with Crippen molar-refractivity contribution < 1.29 is 9.47 Å². The van der Waals surface area contributed by atoms with Crippen LogP contribution in [0.5, 0.6) is 11.5 Å². The fourth-order valence-electron chi connectivity index (χ4n) is 1.86. The van der Waals surface area contributed by atoms with Gasteiger partial charge < -0.3 is 14.8 Å². The number of aromatic amines is 1.